The first-order valence-corrected chi connectivity index (χ1v) is 5.90. The van der Waals surface area contributed by atoms with Crippen molar-refractivity contribution < 1.29 is 19.1 Å². The predicted octanol–water partition coefficient (Wildman–Crippen LogP) is 1.64. The van der Waals surface area contributed by atoms with Crippen molar-refractivity contribution in [2.75, 3.05) is 5.73 Å². The van der Waals surface area contributed by atoms with Gasteiger partial charge in [0, 0.05) is 0 Å². The summed E-state index contributed by atoms with van der Waals surface area (Å²) >= 11 is 0. The van der Waals surface area contributed by atoms with Crippen molar-refractivity contribution in [1.82, 2.24) is 5.32 Å². The van der Waals surface area contributed by atoms with E-state index in [1.54, 1.807) is 0 Å². The molecule has 1 aromatic rings. The van der Waals surface area contributed by atoms with Gasteiger partial charge in [0.25, 0.3) is 5.91 Å². The van der Waals surface area contributed by atoms with Crippen LogP contribution in [0.1, 0.15) is 30.6 Å². The smallest absolute Gasteiger partial charge is 0.326 e. The molecule has 0 radical (unpaired) electrons. The molecule has 1 aromatic carbocycles. The highest BCUT2D eigenvalue weighted by atomic mass is 19.1. The molecule has 0 saturated carbocycles. The standard InChI is InChI=1S/C13H17FN2O3/c1-7(2)6-10(13(18)19)16-12(17)8-4-3-5-9(14)11(8)15/h3-5,7,10H,6,15H2,1-2H3,(H,16,17)(H,18,19)/t10-/m1/s1. The number of amides is 1. The molecular formula is C13H17FN2O3. The minimum atomic E-state index is -1.13. The maximum absolute atomic E-state index is 13.2. The summed E-state index contributed by atoms with van der Waals surface area (Å²) in [6, 6.07) is 2.81. The lowest BCUT2D eigenvalue weighted by Crippen LogP contribution is -2.41. The molecule has 6 heteroatoms. The number of nitrogens with one attached hydrogen (secondary N) is 1. The Kier molecular flexibility index (Phi) is 4.86. The van der Waals surface area contributed by atoms with Crippen LogP contribution in [0.5, 0.6) is 0 Å². The van der Waals surface area contributed by atoms with E-state index in [0.29, 0.717) is 0 Å². The molecule has 0 aliphatic carbocycles. The zero-order valence-electron chi connectivity index (χ0n) is 10.8. The van der Waals surface area contributed by atoms with Crippen LogP contribution in [0.2, 0.25) is 0 Å². The fourth-order valence-electron chi connectivity index (χ4n) is 1.66. The number of carboxylic acid groups (broad SMARTS) is 1. The number of benzene rings is 1. The molecule has 0 saturated heterocycles. The lowest BCUT2D eigenvalue weighted by Gasteiger charge is -2.17. The van der Waals surface area contributed by atoms with E-state index >= 15 is 0 Å². The topological polar surface area (TPSA) is 92.4 Å². The van der Waals surface area contributed by atoms with Gasteiger partial charge in [-0.15, -0.1) is 0 Å². The summed E-state index contributed by atoms with van der Waals surface area (Å²) in [4.78, 5) is 22.9. The van der Waals surface area contributed by atoms with Crippen LogP contribution in [0.25, 0.3) is 0 Å². The van der Waals surface area contributed by atoms with Gasteiger partial charge in [0.05, 0.1) is 11.3 Å². The van der Waals surface area contributed by atoms with Gasteiger partial charge in [-0.3, -0.25) is 4.79 Å². The highest BCUT2D eigenvalue weighted by molar-refractivity contribution is 6.00. The molecule has 0 aliphatic heterocycles. The van der Waals surface area contributed by atoms with Gasteiger partial charge in [0.1, 0.15) is 11.9 Å². The normalized spacial score (nSPS) is 12.2. The van der Waals surface area contributed by atoms with Gasteiger partial charge in [-0.25, -0.2) is 9.18 Å². The first-order chi connectivity index (χ1) is 8.82. The van der Waals surface area contributed by atoms with Crippen LogP contribution in [-0.2, 0) is 4.79 Å². The third-order valence-corrected chi connectivity index (χ3v) is 2.61. The second kappa shape index (κ2) is 6.17. The Balaban J connectivity index is 2.88. The molecule has 19 heavy (non-hydrogen) atoms. The maximum Gasteiger partial charge on any atom is 0.326 e. The third kappa shape index (κ3) is 3.94. The van der Waals surface area contributed by atoms with E-state index in [2.05, 4.69) is 5.32 Å². The molecule has 0 fully saturated rings. The van der Waals surface area contributed by atoms with Crippen LogP contribution < -0.4 is 11.1 Å². The fraction of sp³-hybridized carbons (Fsp3) is 0.385. The highest BCUT2D eigenvalue weighted by Gasteiger charge is 2.23. The number of hydrogen-bond acceptors (Lipinski definition) is 3. The van der Waals surface area contributed by atoms with Gasteiger partial charge in [0.15, 0.2) is 0 Å². The second-order valence-corrected chi connectivity index (χ2v) is 4.69. The second-order valence-electron chi connectivity index (χ2n) is 4.69. The molecule has 0 unspecified atom stereocenters. The van der Waals surface area contributed by atoms with Gasteiger partial charge in [-0.05, 0) is 24.5 Å². The first kappa shape index (κ1) is 14.9. The highest BCUT2D eigenvalue weighted by Crippen LogP contribution is 2.16. The van der Waals surface area contributed by atoms with Gasteiger partial charge in [-0.1, -0.05) is 19.9 Å². The van der Waals surface area contributed by atoms with E-state index in [1.165, 1.54) is 12.1 Å². The molecule has 0 aromatic heterocycles. The fourth-order valence-corrected chi connectivity index (χ4v) is 1.66. The molecule has 0 aliphatic rings. The lowest BCUT2D eigenvalue weighted by molar-refractivity contribution is -0.139. The molecule has 104 valence electrons. The molecule has 0 heterocycles. The lowest BCUT2D eigenvalue weighted by atomic mass is 10.0. The molecule has 1 rings (SSSR count). The number of halogens is 1. The Morgan fingerprint density at radius 3 is 2.58 bits per heavy atom. The summed E-state index contributed by atoms with van der Waals surface area (Å²) in [6.45, 7) is 3.69. The number of hydrogen-bond donors (Lipinski definition) is 3. The van der Waals surface area contributed by atoms with Crippen molar-refractivity contribution in [3.63, 3.8) is 0 Å². The Hall–Kier alpha value is -2.11. The van der Waals surface area contributed by atoms with Gasteiger partial charge in [-0.2, -0.15) is 0 Å². The molecule has 1 amide bonds. The summed E-state index contributed by atoms with van der Waals surface area (Å²) in [5, 5.41) is 11.4. The van der Waals surface area contributed by atoms with Crippen molar-refractivity contribution in [2.45, 2.75) is 26.3 Å². The quantitative estimate of drug-likeness (QED) is 0.708. The van der Waals surface area contributed by atoms with Crippen LogP contribution in [-0.4, -0.2) is 23.0 Å². The minimum absolute atomic E-state index is 0.0602. The SMILES string of the molecule is CC(C)C[C@@H](NC(=O)c1cccc(F)c1N)C(=O)O. The molecule has 5 nitrogen and oxygen atoms in total. The molecule has 1 atom stereocenters. The number of carboxylic acids is 1. The van der Waals surface area contributed by atoms with Crippen LogP contribution in [0.3, 0.4) is 0 Å². The number of para-hydroxylation sites is 1. The maximum atomic E-state index is 13.2. The Labute approximate surface area is 110 Å². The van der Waals surface area contributed by atoms with E-state index in [9.17, 15) is 14.0 Å². The minimum Gasteiger partial charge on any atom is -0.480 e. The van der Waals surface area contributed by atoms with E-state index in [0.717, 1.165) is 6.07 Å². The monoisotopic (exact) mass is 268 g/mol. The summed E-state index contributed by atoms with van der Waals surface area (Å²) in [7, 11) is 0. The predicted molar refractivity (Wildman–Crippen MR) is 69.2 cm³/mol. The van der Waals surface area contributed by atoms with Crippen molar-refractivity contribution in [3.8, 4) is 0 Å². The molecule has 0 bridgehead atoms. The summed E-state index contributed by atoms with van der Waals surface area (Å²) in [6.07, 6.45) is 0.288. The largest absolute Gasteiger partial charge is 0.480 e. The summed E-state index contributed by atoms with van der Waals surface area (Å²) < 4.78 is 13.2. The number of carbonyl (C=O) groups excluding carboxylic acids is 1. The zero-order valence-corrected chi connectivity index (χ0v) is 10.8. The van der Waals surface area contributed by atoms with Crippen molar-refractivity contribution in [2.24, 2.45) is 5.92 Å². The van der Waals surface area contributed by atoms with Crippen molar-refractivity contribution in [3.05, 3.63) is 29.6 Å². The van der Waals surface area contributed by atoms with Crippen molar-refractivity contribution in [1.29, 1.82) is 0 Å². The van der Waals surface area contributed by atoms with E-state index in [4.69, 9.17) is 10.8 Å². The van der Waals surface area contributed by atoms with Gasteiger partial charge < -0.3 is 16.2 Å². The molecule has 0 spiro atoms. The average Bonchev–Trinajstić information content (AvgIpc) is 2.31. The van der Waals surface area contributed by atoms with E-state index in [1.807, 2.05) is 13.8 Å². The average molecular weight is 268 g/mol. The van der Waals surface area contributed by atoms with Crippen LogP contribution >= 0.6 is 0 Å². The van der Waals surface area contributed by atoms with E-state index < -0.39 is 23.7 Å². The van der Waals surface area contributed by atoms with E-state index in [-0.39, 0.29) is 23.6 Å². The van der Waals surface area contributed by atoms with Crippen LogP contribution in [0.15, 0.2) is 18.2 Å². The first-order valence-electron chi connectivity index (χ1n) is 5.90. The van der Waals surface area contributed by atoms with Gasteiger partial charge in [0.2, 0.25) is 0 Å². The number of rotatable bonds is 5. The molecule has 4 N–H and O–H groups in total. The van der Waals surface area contributed by atoms with Crippen LogP contribution in [0.4, 0.5) is 10.1 Å². The number of anilines is 1. The number of nitrogen functional groups attached to an aromatic ring is 1. The summed E-state index contributed by atoms with van der Waals surface area (Å²) in [5.74, 6) is -2.42. The Morgan fingerprint density at radius 1 is 1.42 bits per heavy atom. The third-order valence-electron chi connectivity index (χ3n) is 2.61. The number of aliphatic carboxylic acids is 1. The number of nitrogens with two attached hydrogens (primary N) is 1. The Bertz CT molecular complexity index is 489. The molecular weight excluding hydrogens is 251 g/mol. The summed E-state index contributed by atoms with van der Waals surface area (Å²) in [5.41, 5.74) is 5.11. The van der Waals surface area contributed by atoms with Crippen LogP contribution in [0, 0.1) is 11.7 Å². The van der Waals surface area contributed by atoms with Gasteiger partial charge >= 0.3 is 5.97 Å². The number of carbonyl (C=O) groups is 2. The van der Waals surface area contributed by atoms with Crippen molar-refractivity contribution >= 4 is 17.6 Å². The zero-order chi connectivity index (χ0) is 14.6. The Morgan fingerprint density at radius 2 is 2.05 bits per heavy atom.